The first-order valence-corrected chi connectivity index (χ1v) is 10.8. The van der Waals surface area contributed by atoms with Gasteiger partial charge in [-0.15, -0.1) is 0 Å². The Balaban J connectivity index is 1.77. The second-order valence-electron chi connectivity index (χ2n) is 8.62. The third kappa shape index (κ3) is 5.13. The fourth-order valence-corrected chi connectivity index (χ4v) is 4.57. The van der Waals surface area contributed by atoms with Gasteiger partial charge in [-0.25, -0.2) is 0 Å². The molecule has 3 atom stereocenters. The van der Waals surface area contributed by atoms with Crippen LogP contribution in [0.25, 0.3) is 0 Å². The van der Waals surface area contributed by atoms with Gasteiger partial charge in [-0.2, -0.15) is 0 Å². The van der Waals surface area contributed by atoms with Crippen molar-refractivity contribution in [2.24, 2.45) is 5.41 Å². The van der Waals surface area contributed by atoms with Crippen LogP contribution in [0.2, 0.25) is 5.02 Å². The molecule has 3 N–H and O–H groups in total. The van der Waals surface area contributed by atoms with E-state index in [1.807, 2.05) is 6.92 Å². The first-order valence-electron chi connectivity index (χ1n) is 10.5. The second-order valence-corrected chi connectivity index (χ2v) is 9.03. The highest BCUT2D eigenvalue weighted by Crippen LogP contribution is 2.41. The van der Waals surface area contributed by atoms with Crippen LogP contribution in [0.3, 0.4) is 0 Å². The number of phenolic OH excluding ortho intramolecular Hbond substituents is 1. The Bertz CT molecular complexity index is 822. The van der Waals surface area contributed by atoms with Gasteiger partial charge in [0.05, 0.1) is 11.1 Å². The van der Waals surface area contributed by atoms with Crippen LogP contribution in [-0.4, -0.2) is 47.5 Å². The molecule has 0 unspecified atom stereocenters. The van der Waals surface area contributed by atoms with Gasteiger partial charge in [-0.1, -0.05) is 38.3 Å². The Kier molecular flexibility index (Phi) is 7.03. The number of ether oxygens (including phenoxy) is 1. The molecule has 7 nitrogen and oxygen atoms in total. The third-order valence-electron chi connectivity index (χ3n) is 6.20. The molecule has 0 spiro atoms. The van der Waals surface area contributed by atoms with Crippen molar-refractivity contribution in [3.63, 3.8) is 0 Å². The fraction of sp³-hybridized carbons (Fsp3) is 0.591. The molecule has 1 saturated heterocycles. The zero-order valence-corrected chi connectivity index (χ0v) is 18.1. The van der Waals surface area contributed by atoms with E-state index >= 15 is 0 Å². The van der Waals surface area contributed by atoms with Gasteiger partial charge in [-0.05, 0) is 49.3 Å². The van der Waals surface area contributed by atoms with Crippen LogP contribution in [0, 0.1) is 5.41 Å². The summed E-state index contributed by atoms with van der Waals surface area (Å²) < 4.78 is 5.45. The lowest BCUT2D eigenvalue weighted by Crippen LogP contribution is -2.54. The summed E-state index contributed by atoms with van der Waals surface area (Å²) in [6.07, 6.45) is 4.91. The predicted molar refractivity (Wildman–Crippen MR) is 113 cm³/mol. The predicted octanol–water partition coefficient (Wildman–Crippen LogP) is 2.98. The minimum atomic E-state index is -0.793. The molecule has 30 heavy (non-hydrogen) atoms. The van der Waals surface area contributed by atoms with Gasteiger partial charge in [-0.3, -0.25) is 14.4 Å². The lowest BCUT2D eigenvalue weighted by Gasteiger charge is -2.30. The summed E-state index contributed by atoms with van der Waals surface area (Å²) in [6, 6.07) is 2.66. The fourth-order valence-electron chi connectivity index (χ4n) is 4.39. The third-order valence-corrected chi connectivity index (χ3v) is 6.50. The number of benzene rings is 1. The molecule has 2 fully saturated rings. The molecule has 2 aliphatic rings. The Hall–Kier alpha value is -2.12. The molecule has 8 heteroatoms. The van der Waals surface area contributed by atoms with Gasteiger partial charge >= 0.3 is 0 Å². The molecule has 1 heterocycles. The van der Waals surface area contributed by atoms with Crippen LogP contribution in [0.15, 0.2) is 18.2 Å². The minimum Gasteiger partial charge on any atom is -0.506 e. The number of halogens is 1. The van der Waals surface area contributed by atoms with Crippen LogP contribution in [-0.2, 0) is 14.3 Å². The van der Waals surface area contributed by atoms with Gasteiger partial charge in [0, 0.05) is 5.56 Å². The maximum Gasteiger partial charge on any atom is 0.251 e. The van der Waals surface area contributed by atoms with Gasteiger partial charge in [0.2, 0.25) is 5.91 Å². The number of phenols is 1. The van der Waals surface area contributed by atoms with Crippen molar-refractivity contribution in [1.82, 2.24) is 10.6 Å². The first kappa shape index (κ1) is 22.6. The van der Waals surface area contributed by atoms with E-state index in [0.717, 1.165) is 25.7 Å². The molecular weight excluding hydrogens is 408 g/mol. The maximum atomic E-state index is 13.1. The van der Waals surface area contributed by atoms with E-state index in [9.17, 15) is 19.5 Å². The summed E-state index contributed by atoms with van der Waals surface area (Å²) in [4.78, 5) is 38.1. The molecule has 1 saturated carbocycles. The Morgan fingerprint density at radius 2 is 2.03 bits per heavy atom. The minimum absolute atomic E-state index is 0.00972. The summed E-state index contributed by atoms with van der Waals surface area (Å²) in [7, 11) is 0. The van der Waals surface area contributed by atoms with Crippen LogP contribution in [0.1, 0.15) is 62.7 Å². The maximum absolute atomic E-state index is 13.1. The first-order chi connectivity index (χ1) is 14.2. The zero-order chi connectivity index (χ0) is 21.9. The molecule has 2 amide bonds. The second kappa shape index (κ2) is 9.35. The van der Waals surface area contributed by atoms with E-state index in [2.05, 4.69) is 17.6 Å². The standard InChI is InChI=1S/C22H29ClN2O5/c1-3-18-19(17(27)12-30-18)25-21(29)15(11-22(2)8-4-5-9-22)24-20(28)13-6-7-16(26)14(23)10-13/h6-7,10,15,18-19,26H,3-5,8-9,11-12H2,1-2H3,(H,24,28)(H,25,29)/t15-,18-,19+/m0/s1. The summed E-state index contributed by atoms with van der Waals surface area (Å²) in [6.45, 7) is 4.02. The number of rotatable bonds is 7. The molecule has 1 aromatic carbocycles. The molecule has 1 aromatic rings. The van der Waals surface area contributed by atoms with E-state index < -0.39 is 18.0 Å². The van der Waals surface area contributed by atoms with Crippen molar-refractivity contribution >= 4 is 29.2 Å². The van der Waals surface area contributed by atoms with E-state index in [-0.39, 0.29) is 46.2 Å². The van der Waals surface area contributed by atoms with Gasteiger partial charge < -0.3 is 20.5 Å². The van der Waals surface area contributed by atoms with Gasteiger partial charge in [0.1, 0.15) is 24.4 Å². The highest BCUT2D eigenvalue weighted by molar-refractivity contribution is 6.32. The smallest absolute Gasteiger partial charge is 0.251 e. The number of Topliss-reactive ketones (excluding diaryl/α,β-unsaturated/α-hetero) is 1. The molecule has 3 rings (SSSR count). The normalized spacial score (nSPS) is 23.9. The SMILES string of the molecule is CC[C@@H]1OCC(=O)[C@H]1NC(=O)[C@H](CC1(C)CCCC1)NC(=O)c1ccc(O)c(Cl)c1. The number of aromatic hydroxyl groups is 1. The Labute approximate surface area is 181 Å². The number of carbonyl (C=O) groups excluding carboxylic acids is 3. The lowest BCUT2D eigenvalue weighted by atomic mass is 9.81. The van der Waals surface area contributed by atoms with Crippen molar-refractivity contribution in [2.75, 3.05) is 6.61 Å². The Morgan fingerprint density at radius 3 is 2.67 bits per heavy atom. The van der Waals surface area contributed by atoms with Gasteiger partial charge in [0.25, 0.3) is 5.91 Å². The number of nitrogens with one attached hydrogen (secondary N) is 2. The van der Waals surface area contributed by atoms with Crippen LogP contribution in [0.4, 0.5) is 0 Å². The van der Waals surface area contributed by atoms with Crippen molar-refractivity contribution in [2.45, 2.75) is 70.6 Å². The Morgan fingerprint density at radius 1 is 1.33 bits per heavy atom. The number of hydrogen-bond acceptors (Lipinski definition) is 5. The molecule has 0 aromatic heterocycles. The number of ketones is 1. The van der Waals surface area contributed by atoms with Gasteiger partial charge in [0.15, 0.2) is 5.78 Å². The van der Waals surface area contributed by atoms with E-state index in [1.54, 1.807) is 0 Å². The topological polar surface area (TPSA) is 105 Å². The van der Waals surface area contributed by atoms with Crippen molar-refractivity contribution in [3.05, 3.63) is 28.8 Å². The van der Waals surface area contributed by atoms with Crippen molar-refractivity contribution < 1.29 is 24.2 Å². The summed E-state index contributed by atoms with van der Waals surface area (Å²) in [5.74, 6) is -1.12. The zero-order valence-electron chi connectivity index (χ0n) is 17.4. The molecule has 1 aliphatic carbocycles. The summed E-state index contributed by atoms with van der Waals surface area (Å²) in [5.41, 5.74) is 0.196. The molecule has 1 aliphatic heterocycles. The highest BCUT2D eigenvalue weighted by atomic mass is 35.5. The summed E-state index contributed by atoms with van der Waals surface area (Å²) >= 11 is 5.92. The van der Waals surface area contributed by atoms with E-state index in [0.29, 0.717) is 12.8 Å². The number of amides is 2. The highest BCUT2D eigenvalue weighted by Gasteiger charge is 2.39. The molecular formula is C22H29ClN2O5. The average Bonchev–Trinajstić information content (AvgIpc) is 3.29. The monoisotopic (exact) mass is 436 g/mol. The molecule has 164 valence electrons. The molecule has 0 radical (unpaired) electrons. The van der Waals surface area contributed by atoms with E-state index in [4.69, 9.17) is 16.3 Å². The van der Waals surface area contributed by atoms with Crippen molar-refractivity contribution in [1.29, 1.82) is 0 Å². The lowest BCUT2D eigenvalue weighted by molar-refractivity contribution is -0.128. The number of hydrogen-bond donors (Lipinski definition) is 3. The quantitative estimate of drug-likeness (QED) is 0.609. The average molecular weight is 437 g/mol. The van der Waals surface area contributed by atoms with Crippen LogP contribution in [0.5, 0.6) is 5.75 Å². The van der Waals surface area contributed by atoms with Crippen molar-refractivity contribution in [3.8, 4) is 5.75 Å². The summed E-state index contributed by atoms with van der Waals surface area (Å²) in [5, 5.41) is 15.3. The van der Waals surface area contributed by atoms with Crippen LogP contribution >= 0.6 is 11.6 Å². The molecule has 0 bridgehead atoms. The number of carbonyl (C=O) groups is 3. The largest absolute Gasteiger partial charge is 0.506 e. The van der Waals surface area contributed by atoms with Crippen LogP contribution < -0.4 is 10.6 Å². The van der Waals surface area contributed by atoms with E-state index in [1.165, 1.54) is 18.2 Å².